The Balaban J connectivity index is 2.41. The van der Waals surface area contributed by atoms with E-state index >= 15 is 0 Å². The van der Waals surface area contributed by atoms with Gasteiger partial charge in [0.25, 0.3) is 0 Å². The first-order valence-corrected chi connectivity index (χ1v) is 5.80. The van der Waals surface area contributed by atoms with E-state index in [0.717, 1.165) is 4.47 Å². The van der Waals surface area contributed by atoms with Crippen molar-refractivity contribution in [2.24, 2.45) is 0 Å². The molecule has 0 saturated heterocycles. The Hall–Kier alpha value is -0.870. The molecule has 2 aromatic rings. The summed E-state index contributed by atoms with van der Waals surface area (Å²) in [6, 6.07) is 8.90. The Bertz CT molecular complexity index is 503. The summed E-state index contributed by atoms with van der Waals surface area (Å²) in [7, 11) is 0. The van der Waals surface area contributed by atoms with Crippen molar-refractivity contribution in [3.63, 3.8) is 0 Å². The maximum Gasteiger partial charge on any atom is 0.229 e. The van der Waals surface area contributed by atoms with Crippen molar-refractivity contribution in [2.45, 2.75) is 0 Å². The fourth-order valence-corrected chi connectivity index (χ4v) is 2.00. The highest BCUT2D eigenvalue weighted by Crippen LogP contribution is 2.22. The summed E-state index contributed by atoms with van der Waals surface area (Å²) in [6.45, 7) is 0. The van der Waals surface area contributed by atoms with Crippen LogP contribution in [-0.2, 0) is 0 Å². The topological polar surface area (TPSA) is 30.2 Å². The van der Waals surface area contributed by atoms with E-state index in [-0.39, 0.29) is 5.78 Å². The Morgan fingerprint density at radius 3 is 2.60 bits per heavy atom. The summed E-state index contributed by atoms with van der Waals surface area (Å²) in [6.07, 6.45) is 1.48. The summed E-state index contributed by atoms with van der Waals surface area (Å²) >= 11 is 6.57. The van der Waals surface area contributed by atoms with E-state index in [1.54, 1.807) is 18.2 Å². The van der Waals surface area contributed by atoms with Crippen molar-refractivity contribution in [3.8, 4) is 0 Å². The summed E-state index contributed by atoms with van der Waals surface area (Å²) in [5.41, 5.74) is 0.597. The van der Waals surface area contributed by atoms with Gasteiger partial charge in [0.15, 0.2) is 5.76 Å². The number of hydrogen-bond acceptors (Lipinski definition) is 2. The zero-order valence-electron chi connectivity index (χ0n) is 7.54. The average molecular weight is 330 g/mol. The van der Waals surface area contributed by atoms with Crippen LogP contribution in [0.25, 0.3) is 0 Å². The van der Waals surface area contributed by atoms with Crippen LogP contribution in [-0.4, -0.2) is 5.78 Å². The quantitative estimate of drug-likeness (QED) is 0.778. The van der Waals surface area contributed by atoms with Gasteiger partial charge in [0.2, 0.25) is 5.78 Å². The van der Waals surface area contributed by atoms with Crippen molar-refractivity contribution in [3.05, 3.63) is 56.9 Å². The van der Waals surface area contributed by atoms with Crippen LogP contribution in [0.2, 0.25) is 0 Å². The molecule has 76 valence electrons. The molecular weight excluding hydrogens is 324 g/mol. The van der Waals surface area contributed by atoms with Crippen molar-refractivity contribution in [1.29, 1.82) is 0 Å². The Morgan fingerprint density at radius 1 is 1.20 bits per heavy atom. The van der Waals surface area contributed by atoms with Gasteiger partial charge in [-0.2, -0.15) is 0 Å². The van der Waals surface area contributed by atoms with Gasteiger partial charge in [-0.1, -0.05) is 28.1 Å². The SMILES string of the molecule is O=C(c1cccc(Br)c1)c1occc1Br. The van der Waals surface area contributed by atoms with E-state index in [1.807, 2.05) is 12.1 Å². The number of benzene rings is 1. The molecule has 0 unspecified atom stereocenters. The van der Waals surface area contributed by atoms with E-state index in [4.69, 9.17) is 4.42 Å². The molecule has 0 bridgehead atoms. The third-order valence-corrected chi connectivity index (χ3v) is 3.03. The highest BCUT2D eigenvalue weighted by atomic mass is 79.9. The third kappa shape index (κ3) is 2.21. The number of halogens is 2. The fourth-order valence-electron chi connectivity index (χ4n) is 1.22. The van der Waals surface area contributed by atoms with Gasteiger partial charge < -0.3 is 4.42 Å². The highest BCUT2D eigenvalue weighted by molar-refractivity contribution is 9.10. The number of hydrogen-bond donors (Lipinski definition) is 0. The second-order valence-corrected chi connectivity index (χ2v) is 4.71. The first-order valence-electron chi connectivity index (χ1n) is 4.22. The highest BCUT2D eigenvalue weighted by Gasteiger charge is 2.15. The second-order valence-electron chi connectivity index (χ2n) is 2.94. The van der Waals surface area contributed by atoms with Crippen molar-refractivity contribution in [1.82, 2.24) is 0 Å². The number of ketones is 1. The van der Waals surface area contributed by atoms with Gasteiger partial charge in [0.1, 0.15) is 0 Å². The predicted octanol–water partition coefficient (Wildman–Crippen LogP) is 4.04. The number of furan rings is 1. The molecule has 4 heteroatoms. The number of rotatable bonds is 2. The minimum Gasteiger partial charge on any atom is -0.460 e. The molecule has 0 radical (unpaired) electrons. The first kappa shape index (κ1) is 10.6. The Labute approximate surface area is 104 Å². The zero-order chi connectivity index (χ0) is 10.8. The van der Waals surface area contributed by atoms with E-state index in [9.17, 15) is 4.79 Å². The molecule has 0 saturated carbocycles. The predicted molar refractivity (Wildman–Crippen MR) is 64.0 cm³/mol. The second kappa shape index (κ2) is 4.33. The molecule has 0 aliphatic rings. The summed E-state index contributed by atoms with van der Waals surface area (Å²) in [5.74, 6) is 0.196. The van der Waals surface area contributed by atoms with Gasteiger partial charge in [0.05, 0.1) is 10.7 Å². The zero-order valence-corrected chi connectivity index (χ0v) is 10.7. The lowest BCUT2D eigenvalue weighted by Gasteiger charge is -1.98. The lowest BCUT2D eigenvalue weighted by molar-refractivity contribution is 0.101. The molecule has 1 aromatic carbocycles. The first-order chi connectivity index (χ1) is 7.18. The Kier molecular flexibility index (Phi) is 3.07. The van der Waals surface area contributed by atoms with Gasteiger partial charge in [-0.05, 0) is 34.1 Å². The molecule has 1 heterocycles. The molecule has 0 N–H and O–H groups in total. The van der Waals surface area contributed by atoms with Crippen molar-refractivity contribution in [2.75, 3.05) is 0 Å². The summed E-state index contributed by atoms with van der Waals surface area (Å²) in [4.78, 5) is 11.9. The largest absolute Gasteiger partial charge is 0.460 e. The molecule has 15 heavy (non-hydrogen) atoms. The molecule has 0 aliphatic heterocycles. The van der Waals surface area contributed by atoms with Gasteiger partial charge in [-0.15, -0.1) is 0 Å². The van der Waals surface area contributed by atoms with Crippen LogP contribution in [0.4, 0.5) is 0 Å². The number of carbonyl (C=O) groups excluding carboxylic acids is 1. The maximum atomic E-state index is 11.9. The van der Waals surface area contributed by atoms with E-state index < -0.39 is 0 Å². The monoisotopic (exact) mass is 328 g/mol. The smallest absolute Gasteiger partial charge is 0.229 e. The average Bonchev–Trinajstić information content (AvgIpc) is 2.63. The summed E-state index contributed by atoms with van der Waals surface area (Å²) in [5, 5.41) is 0. The molecular formula is C11H6Br2O2. The molecule has 0 atom stereocenters. The minimum atomic E-state index is -0.131. The summed E-state index contributed by atoms with van der Waals surface area (Å²) < 4.78 is 6.65. The third-order valence-electron chi connectivity index (χ3n) is 1.91. The van der Waals surface area contributed by atoms with Crippen LogP contribution in [0, 0.1) is 0 Å². The molecule has 0 spiro atoms. The van der Waals surface area contributed by atoms with E-state index in [0.29, 0.717) is 15.8 Å². The molecule has 0 aliphatic carbocycles. The van der Waals surface area contributed by atoms with Crippen LogP contribution in [0.15, 0.2) is 50.0 Å². The standard InChI is InChI=1S/C11H6Br2O2/c12-8-3-1-2-7(6-8)10(14)11-9(13)4-5-15-11/h1-6H. The van der Waals surface area contributed by atoms with E-state index in [2.05, 4.69) is 31.9 Å². The minimum absolute atomic E-state index is 0.131. The van der Waals surface area contributed by atoms with Crippen molar-refractivity contribution < 1.29 is 9.21 Å². The van der Waals surface area contributed by atoms with Crippen LogP contribution in [0.5, 0.6) is 0 Å². The molecule has 0 amide bonds. The maximum absolute atomic E-state index is 11.9. The Morgan fingerprint density at radius 2 is 2.00 bits per heavy atom. The van der Waals surface area contributed by atoms with Gasteiger partial charge in [-0.25, -0.2) is 0 Å². The normalized spacial score (nSPS) is 10.3. The fraction of sp³-hybridized carbons (Fsp3) is 0. The van der Waals surface area contributed by atoms with Crippen LogP contribution in [0.3, 0.4) is 0 Å². The lowest BCUT2D eigenvalue weighted by Crippen LogP contribution is -1.99. The van der Waals surface area contributed by atoms with Gasteiger partial charge in [0, 0.05) is 10.0 Å². The number of carbonyl (C=O) groups is 1. The van der Waals surface area contributed by atoms with E-state index in [1.165, 1.54) is 6.26 Å². The van der Waals surface area contributed by atoms with Crippen LogP contribution < -0.4 is 0 Å². The molecule has 2 rings (SSSR count). The van der Waals surface area contributed by atoms with Crippen LogP contribution in [0.1, 0.15) is 16.1 Å². The lowest BCUT2D eigenvalue weighted by atomic mass is 10.1. The van der Waals surface area contributed by atoms with Gasteiger partial charge >= 0.3 is 0 Å². The molecule has 1 aromatic heterocycles. The molecule has 2 nitrogen and oxygen atoms in total. The van der Waals surface area contributed by atoms with Gasteiger partial charge in [-0.3, -0.25) is 4.79 Å². The van der Waals surface area contributed by atoms with Crippen LogP contribution >= 0.6 is 31.9 Å². The van der Waals surface area contributed by atoms with Crippen molar-refractivity contribution >= 4 is 37.6 Å². The molecule has 0 fully saturated rings.